The van der Waals surface area contributed by atoms with Gasteiger partial charge in [-0.05, 0) is 70.3 Å². The molecule has 0 saturated heterocycles. The van der Waals surface area contributed by atoms with Crippen LogP contribution in [0.5, 0.6) is 0 Å². The minimum Gasteiger partial charge on any atom is -0.294 e. The number of carbonyl (C=O) groups excluding carboxylic acids is 2. The van der Waals surface area contributed by atoms with Gasteiger partial charge in [-0.25, -0.2) is 0 Å². The van der Waals surface area contributed by atoms with Crippen LogP contribution in [-0.4, -0.2) is 11.6 Å². The van der Waals surface area contributed by atoms with Gasteiger partial charge in [-0.1, -0.05) is 95.2 Å². The third-order valence-corrected chi connectivity index (χ3v) is 8.42. The highest BCUT2D eigenvalue weighted by Gasteiger charge is 2.57. The fraction of sp³-hybridized carbons (Fsp3) is 0.800. The molecule has 4 aliphatic carbocycles. The van der Waals surface area contributed by atoms with E-state index in [1.54, 1.807) is 0 Å². The number of allylic oxidation sites excluding steroid dienone is 4. The van der Waals surface area contributed by atoms with Crippen LogP contribution < -0.4 is 0 Å². The molecule has 6 atom stereocenters. The molecule has 0 aromatic rings. The number of ketones is 2. The van der Waals surface area contributed by atoms with Crippen molar-refractivity contribution in [2.45, 2.75) is 95.9 Å². The van der Waals surface area contributed by atoms with Gasteiger partial charge in [0.25, 0.3) is 0 Å². The van der Waals surface area contributed by atoms with Crippen LogP contribution >= 0.6 is 0 Å². The van der Waals surface area contributed by atoms with Gasteiger partial charge in [-0.3, -0.25) is 9.59 Å². The summed E-state index contributed by atoms with van der Waals surface area (Å²) in [4.78, 5) is 27.3. The monoisotopic (exact) mass is 440 g/mol. The van der Waals surface area contributed by atoms with E-state index in [4.69, 9.17) is 0 Å². The lowest BCUT2D eigenvalue weighted by atomic mass is 9.55. The third-order valence-electron chi connectivity index (χ3n) is 8.42. The van der Waals surface area contributed by atoms with Crippen molar-refractivity contribution in [2.24, 2.45) is 57.2 Å². The van der Waals surface area contributed by atoms with Crippen LogP contribution in [0.4, 0.5) is 0 Å². The van der Waals surface area contributed by atoms with E-state index in [1.807, 2.05) is 20.8 Å². The van der Waals surface area contributed by atoms with E-state index in [9.17, 15) is 9.59 Å². The molecule has 1 fully saturated rings. The van der Waals surface area contributed by atoms with Crippen LogP contribution in [0.25, 0.3) is 0 Å². The molecule has 0 aliphatic heterocycles. The molecular weight excluding hydrogens is 392 g/mol. The SMILES string of the molecule is CC(C)(C)C(=O)C1=CC2C3C=C(C(=O)C(C)(C)C)C(C(C1)C2C(C)(C)C)C(C(C)(C)C)C3. The average molecular weight is 441 g/mol. The number of carbonyl (C=O) groups is 2. The van der Waals surface area contributed by atoms with Crippen LogP contribution in [0.3, 0.4) is 0 Å². The Balaban J connectivity index is 2.24. The van der Waals surface area contributed by atoms with Gasteiger partial charge >= 0.3 is 0 Å². The van der Waals surface area contributed by atoms with Crippen LogP contribution in [0, 0.1) is 57.2 Å². The molecule has 2 nitrogen and oxygen atoms in total. The maximum absolute atomic E-state index is 13.8. The summed E-state index contributed by atoms with van der Waals surface area (Å²) in [5, 5.41) is 0. The summed E-state index contributed by atoms with van der Waals surface area (Å²) in [5.74, 6) is 2.75. The normalized spacial score (nSPS) is 33.4. The Hall–Kier alpha value is -1.18. The Bertz CT molecular complexity index is 841. The van der Waals surface area contributed by atoms with E-state index in [2.05, 4.69) is 74.5 Å². The highest BCUT2D eigenvalue weighted by Crippen LogP contribution is 2.63. The standard InChI is InChI=1S/C30H48O2/c1-27(2,3)22-16-17-13-21(26(32)30(10,11)12)23(22)20-15-18(25(31)29(7,8)9)14-19(17)24(20)28(4,5)6/h13-14,17,19-20,22-24H,15-16H2,1-12H3. The third kappa shape index (κ3) is 4.45. The Morgan fingerprint density at radius 2 is 1.28 bits per heavy atom. The molecule has 0 aromatic heterocycles. The van der Waals surface area contributed by atoms with Crippen molar-refractivity contribution in [1.82, 2.24) is 0 Å². The quantitative estimate of drug-likeness (QED) is 0.441. The number of rotatable bonds is 2. The molecule has 32 heavy (non-hydrogen) atoms. The molecule has 4 rings (SSSR count). The summed E-state index contributed by atoms with van der Waals surface area (Å²) in [7, 11) is 0. The van der Waals surface area contributed by atoms with E-state index in [-0.39, 0.29) is 33.4 Å². The zero-order valence-corrected chi connectivity index (χ0v) is 22.8. The van der Waals surface area contributed by atoms with E-state index >= 15 is 0 Å². The van der Waals surface area contributed by atoms with Crippen molar-refractivity contribution in [3.63, 3.8) is 0 Å². The van der Waals surface area contributed by atoms with Crippen LogP contribution in [0.15, 0.2) is 23.3 Å². The van der Waals surface area contributed by atoms with Crippen molar-refractivity contribution in [2.75, 3.05) is 0 Å². The summed E-state index contributed by atoms with van der Waals surface area (Å²) >= 11 is 0. The zero-order chi connectivity index (χ0) is 24.6. The van der Waals surface area contributed by atoms with Gasteiger partial charge in [-0.15, -0.1) is 0 Å². The van der Waals surface area contributed by atoms with Crippen molar-refractivity contribution < 1.29 is 9.59 Å². The number of hydrogen-bond donors (Lipinski definition) is 0. The van der Waals surface area contributed by atoms with Gasteiger partial charge in [0.2, 0.25) is 0 Å². The minimum absolute atomic E-state index is 0.120. The fourth-order valence-electron chi connectivity index (χ4n) is 7.10. The predicted octanol–water partition coefficient (Wildman–Crippen LogP) is 7.68. The summed E-state index contributed by atoms with van der Waals surface area (Å²) in [6.07, 6.45) is 6.66. The summed E-state index contributed by atoms with van der Waals surface area (Å²) in [5.41, 5.74) is 1.59. The second kappa shape index (κ2) is 7.67. The van der Waals surface area contributed by atoms with E-state index in [0.717, 1.165) is 24.0 Å². The van der Waals surface area contributed by atoms with E-state index in [0.29, 0.717) is 35.4 Å². The number of hydrogen-bond acceptors (Lipinski definition) is 2. The molecule has 180 valence electrons. The second-order valence-corrected chi connectivity index (χ2v) is 15.2. The first kappa shape index (κ1) is 25.4. The Kier molecular flexibility index (Phi) is 6.10. The second-order valence-electron chi connectivity index (χ2n) is 15.2. The minimum atomic E-state index is -0.387. The smallest absolute Gasteiger partial charge is 0.164 e. The Morgan fingerprint density at radius 1 is 0.750 bits per heavy atom. The largest absolute Gasteiger partial charge is 0.294 e. The number of Topliss-reactive ketones (excluding diaryl/α,β-unsaturated/α-hetero) is 2. The van der Waals surface area contributed by atoms with Gasteiger partial charge < -0.3 is 0 Å². The highest BCUT2D eigenvalue weighted by atomic mass is 16.1. The lowest BCUT2D eigenvalue weighted by Gasteiger charge is -2.48. The number of fused-ring (bicyclic) bond motifs is 1. The molecule has 0 amide bonds. The molecule has 4 aliphatic rings. The zero-order valence-electron chi connectivity index (χ0n) is 22.8. The molecule has 4 bridgehead atoms. The average Bonchev–Trinajstić information content (AvgIpc) is 2.75. The van der Waals surface area contributed by atoms with E-state index < -0.39 is 0 Å². The lowest BCUT2D eigenvalue weighted by Crippen LogP contribution is -2.44. The Labute approximate surface area is 197 Å². The van der Waals surface area contributed by atoms with Crippen molar-refractivity contribution in [3.05, 3.63) is 23.3 Å². The topological polar surface area (TPSA) is 34.1 Å². The van der Waals surface area contributed by atoms with Crippen LogP contribution in [0.1, 0.15) is 95.9 Å². The molecule has 2 heteroatoms. The summed E-state index contributed by atoms with van der Waals surface area (Å²) in [6.45, 7) is 26.4. The summed E-state index contributed by atoms with van der Waals surface area (Å²) < 4.78 is 0. The maximum atomic E-state index is 13.8. The molecule has 0 aromatic carbocycles. The summed E-state index contributed by atoms with van der Waals surface area (Å²) in [6, 6.07) is 0. The molecule has 0 heterocycles. The van der Waals surface area contributed by atoms with Crippen molar-refractivity contribution in [3.8, 4) is 0 Å². The highest BCUT2D eigenvalue weighted by molar-refractivity contribution is 6.01. The van der Waals surface area contributed by atoms with E-state index in [1.165, 1.54) is 0 Å². The molecule has 0 N–H and O–H groups in total. The molecule has 0 spiro atoms. The molecule has 1 saturated carbocycles. The first-order chi connectivity index (χ1) is 14.2. The fourth-order valence-corrected chi connectivity index (χ4v) is 7.10. The van der Waals surface area contributed by atoms with Gasteiger partial charge in [-0.2, -0.15) is 0 Å². The first-order valence-corrected chi connectivity index (χ1v) is 12.8. The molecule has 0 radical (unpaired) electrons. The molecule has 6 unspecified atom stereocenters. The van der Waals surface area contributed by atoms with Crippen molar-refractivity contribution >= 4 is 11.6 Å². The van der Waals surface area contributed by atoms with Crippen LogP contribution in [0.2, 0.25) is 0 Å². The van der Waals surface area contributed by atoms with Gasteiger partial charge in [0.05, 0.1) is 0 Å². The predicted molar refractivity (Wildman–Crippen MR) is 134 cm³/mol. The van der Waals surface area contributed by atoms with Crippen LogP contribution in [-0.2, 0) is 9.59 Å². The lowest BCUT2D eigenvalue weighted by molar-refractivity contribution is -0.124. The maximum Gasteiger partial charge on any atom is 0.164 e. The first-order valence-electron chi connectivity index (χ1n) is 12.8. The van der Waals surface area contributed by atoms with Gasteiger partial charge in [0, 0.05) is 10.8 Å². The molecular formula is C30H48O2. The Morgan fingerprint density at radius 3 is 1.72 bits per heavy atom. The van der Waals surface area contributed by atoms with Gasteiger partial charge in [0.1, 0.15) is 0 Å². The van der Waals surface area contributed by atoms with Gasteiger partial charge in [0.15, 0.2) is 11.6 Å². The van der Waals surface area contributed by atoms with Crippen molar-refractivity contribution in [1.29, 1.82) is 0 Å².